The number of sulfonamides is 1. The number of thiazole rings is 1. The number of carboxylic acids is 1. The van der Waals surface area contributed by atoms with Gasteiger partial charge < -0.3 is 5.11 Å². The van der Waals surface area contributed by atoms with Crippen LogP contribution in [0.25, 0.3) is 0 Å². The number of hydrogen-bond donors (Lipinski definition) is 2. The lowest BCUT2D eigenvalue weighted by Crippen LogP contribution is -2.25. The van der Waals surface area contributed by atoms with Gasteiger partial charge in [0.2, 0.25) is 10.0 Å². The number of rotatable bonds is 4. The van der Waals surface area contributed by atoms with Gasteiger partial charge in [-0.1, -0.05) is 24.3 Å². The smallest absolute Gasteiger partial charge is 0.357 e. The number of nitrogens with zero attached hydrogens (tertiary/aromatic N) is 1. The van der Waals surface area contributed by atoms with Gasteiger partial charge in [0.25, 0.3) is 0 Å². The molecule has 1 unspecified atom stereocenters. The van der Waals surface area contributed by atoms with E-state index in [4.69, 9.17) is 5.11 Å². The van der Waals surface area contributed by atoms with Gasteiger partial charge in [-0.15, -0.1) is 11.3 Å². The predicted octanol–water partition coefficient (Wildman–Crippen LogP) is 2.66. The van der Waals surface area contributed by atoms with Crippen LogP contribution in [0.2, 0.25) is 0 Å². The third kappa shape index (κ3) is 2.71. The van der Waals surface area contributed by atoms with Gasteiger partial charge in [-0.05, 0) is 30.4 Å². The van der Waals surface area contributed by atoms with E-state index in [1.54, 1.807) is 0 Å². The minimum atomic E-state index is -3.72. The Bertz CT molecular complexity index is 814. The second kappa shape index (κ2) is 5.69. The van der Waals surface area contributed by atoms with Crippen molar-refractivity contribution >= 4 is 32.3 Å². The lowest BCUT2D eigenvalue weighted by Gasteiger charge is -2.25. The molecule has 2 N–H and O–H groups in total. The Labute approximate surface area is 131 Å². The summed E-state index contributed by atoms with van der Waals surface area (Å²) < 4.78 is 27.7. The molecule has 0 radical (unpaired) electrons. The summed E-state index contributed by atoms with van der Waals surface area (Å²) in [5.74, 6) is -1.25. The molecule has 1 aromatic carbocycles. The van der Waals surface area contributed by atoms with Crippen molar-refractivity contribution in [3.63, 3.8) is 0 Å². The average molecular weight is 338 g/mol. The number of fused-ring (bicyclic) bond motifs is 1. The highest BCUT2D eigenvalue weighted by atomic mass is 32.2. The van der Waals surface area contributed by atoms with E-state index in [-0.39, 0.29) is 10.7 Å². The molecule has 0 fully saturated rings. The number of aromatic nitrogens is 1. The SMILES string of the molecule is O=C(O)c1ncsc1NS(=O)(=O)C1CCCc2ccccc21. The molecule has 0 amide bonds. The second-order valence-electron chi connectivity index (χ2n) is 5.06. The van der Waals surface area contributed by atoms with Gasteiger partial charge >= 0.3 is 5.97 Å². The number of nitrogens with one attached hydrogen (secondary N) is 1. The Morgan fingerprint density at radius 3 is 2.91 bits per heavy atom. The first kappa shape index (κ1) is 15.0. The van der Waals surface area contributed by atoms with Crippen molar-refractivity contribution in [3.8, 4) is 0 Å². The molecule has 6 nitrogen and oxygen atoms in total. The Morgan fingerprint density at radius 2 is 2.14 bits per heavy atom. The van der Waals surface area contributed by atoms with Crippen molar-refractivity contribution in [2.45, 2.75) is 24.5 Å². The van der Waals surface area contributed by atoms with Crippen molar-refractivity contribution in [2.75, 3.05) is 4.72 Å². The molecule has 1 aromatic heterocycles. The number of benzene rings is 1. The molecule has 0 bridgehead atoms. The number of aromatic carboxylic acids is 1. The summed E-state index contributed by atoms with van der Waals surface area (Å²) in [7, 11) is -3.72. The van der Waals surface area contributed by atoms with Crippen molar-refractivity contribution in [1.82, 2.24) is 4.98 Å². The molecule has 1 atom stereocenters. The Balaban J connectivity index is 1.94. The molecule has 2 aromatic rings. The largest absolute Gasteiger partial charge is 0.476 e. The van der Waals surface area contributed by atoms with Gasteiger partial charge in [0.1, 0.15) is 10.3 Å². The van der Waals surface area contributed by atoms with Crippen molar-refractivity contribution in [3.05, 3.63) is 46.6 Å². The van der Waals surface area contributed by atoms with Gasteiger partial charge in [-0.3, -0.25) is 4.72 Å². The Hall–Kier alpha value is -1.93. The fourth-order valence-corrected chi connectivity index (χ4v) is 5.30. The molecule has 116 valence electrons. The van der Waals surface area contributed by atoms with E-state index in [0.29, 0.717) is 6.42 Å². The van der Waals surface area contributed by atoms with Gasteiger partial charge in [0.15, 0.2) is 5.69 Å². The minimum Gasteiger partial charge on any atom is -0.476 e. The van der Waals surface area contributed by atoms with Crippen molar-refractivity contribution in [1.29, 1.82) is 0 Å². The first-order chi connectivity index (χ1) is 10.5. The molecule has 3 rings (SSSR count). The van der Waals surface area contributed by atoms with Crippen molar-refractivity contribution < 1.29 is 18.3 Å². The number of aryl methyl sites for hydroxylation is 1. The number of anilines is 1. The third-order valence-electron chi connectivity index (χ3n) is 3.69. The Kier molecular flexibility index (Phi) is 3.88. The monoisotopic (exact) mass is 338 g/mol. The van der Waals surface area contributed by atoms with Crippen LogP contribution in [0, 0.1) is 0 Å². The van der Waals surface area contributed by atoms with Crippen LogP contribution in [0.1, 0.15) is 39.7 Å². The van der Waals surface area contributed by atoms with Crippen LogP contribution >= 0.6 is 11.3 Å². The van der Waals surface area contributed by atoms with Crippen LogP contribution in [0.15, 0.2) is 29.8 Å². The molecule has 0 saturated carbocycles. The van der Waals surface area contributed by atoms with Gasteiger partial charge in [-0.25, -0.2) is 18.2 Å². The maximum atomic E-state index is 12.7. The van der Waals surface area contributed by atoms with E-state index < -0.39 is 21.2 Å². The topological polar surface area (TPSA) is 96.4 Å². The highest BCUT2D eigenvalue weighted by molar-refractivity contribution is 7.93. The molecule has 22 heavy (non-hydrogen) atoms. The molecule has 8 heteroatoms. The van der Waals surface area contributed by atoms with Crippen LogP contribution < -0.4 is 4.72 Å². The van der Waals surface area contributed by atoms with Crippen LogP contribution in [-0.4, -0.2) is 24.5 Å². The summed E-state index contributed by atoms with van der Waals surface area (Å²) >= 11 is 0.968. The number of carbonyl (C=O) groups is 1. The second-order valence-corrected chi connectivity index (χ2v) is 7.78. The zero-order valence-electron chi connectivity index (χ0n) is 11.5. The van der Waals surface area contributed by atoms with Gasteiger partial charge in [0.05, 0.1) is 5.51 Å². The zero-order chi connectivity index (χ0) is 15.7. The van der Waals surface area contributed by atoms with E-state index in [0.717, 1.165) is 35.3 Å². The minimum absolute atomic E-state index is 0.0514. The van der Waals surface area contributed by atoms with E-state index in [2.05, 4.69) is 9.71 Å². The van der Waals surface area contributed by atoms with E-state index in [1.807, 2.05) is 24.3 Å². The molecule has 1 heterocycles. The maximum absolute atomic E-state index is 12.7. The van der Waals surface area contributed by atoms with Gasteiger partial charge in [-0.2, -0.15) is 0 Å². The fourth-order valence-electron chi connectivity index (χ4n) is 2.70. The lowest BCUT2D eigenvalue weighted by atomic mass is 9.91. The Morgan fingerprint density at radius 1 is 1.36 bits per heavy atom. The molecule has 0 spiro atoms. The molecule has 1 aliphatic carbocycles. The normalized spacial score (nSPS) is 17.7. The summed E-state index contributed by atoms with van der Waals surface area (Å²) in [6.45, 7) is 0. The quantitative estimate of drug-likeness (QED) is 0.893. The predicted molar refractivity (Wildman–Crippen MR) is 83.7 cm³/mol. The van der Waals surface area contributed by atoms with Crippen LogP contribution in [-0.2, 0) is 16.4 Å². The highest BCUT2D eigenvalue weighted by Gasteiger charge is 2.32. The molecular weight excluding hydrogens is 324 g/mol. The zero-order valence-corrected chi connectivity index (χ0v) is 13.2. The third-order valence-corrected chi connectivity index (χ3v) is 6.29. The van der Waals surface area contributed by atoms with E-state index in [1.165, 1.54) is 5.51 Å². The lowest BCUT2D eigenvalue weighted by molar-refractivity contribution is 0.0692. The fraction of sp³-hybridized carbons (Fsp3) is 0.286. The van der Waals surface area contributed by atoms with Crippen LogP contribution in [0.4, 0.5) is 5.00 Å². The highest BCUT2D eigenvalue weighted by Crippen LogP contribution is 2.37. The summed E-state index contributed by atoms with van der Waals surface area (Å²) in [5, 5.41) is 8.41. The summed E-state index contributed by atoms with van der Waals surface area (Å²) in [5.41, 5.74) is 2.88. The summed E-state index contributed by atoms with van der Waals surface area (Å²) in [4.78, 5) is 14.7. The first-order valence-electron chi connectivity index (χ1n) is 6.75. The van der Waals surface area contributed by atoms with Crippen molar-refractivity contribution in [2.24, 2.45) is 0 Å². The molecular formula is C14H14N2O4S2. The standard InChI is InChI=1S/C14H14N2O4S2/c17-14(18)12-13(21-8-15-12)16-22(19,20)11-7-3-5-9-4-1-2-6-10(9)11/h1-2,4,6,8,11,16H,3,5,7H2,(H,17,18). The van der Waals surface area contributed by atoms with Crippen LogP contribution in [0.3, 0.4) is 0 Å². The van der Waals surface area contributed by atoms with Gasteiger partial charge in [0, 0.05) is 0 Å². The number of carboxylic acid groups (broad SMARTS) is 1. The van der Waals surface area contributed by atoms with E-state index in [9.17, 15) is 13.2 Å². The molecule has 1 aliphatic rings. The summed E-state index contributed by atoms with van der Waals surface area (Å²) in [6.07, 6.45) is 2.17. The van der Waals surface area contributed by atoms with E-state index >= 15 is 0 Å². The number of hydrogen-bond acceptors (Lipinski definition) is 5. The first-order valence-corrected chi connectivity index (χ1v) is 9.18. The maximum Gasteiger partial charge on any atom is 0.357 e. The average Bonchev–Trinajstić information content (AvgIpc) is 2.94. The van der Waals surface area contributed by atoms with Crippen LogP contribution in [0.5, 0.6) is 0 Å². The molecule has 0 saturated heterocycles. The molecule has 0 aliphatic heterocycles. The summed E-state index contributed by atoms with van der Waals surface area (Å²) in [6, 6.07) is 7.48.